The second kappa shape index (κ2) is 8.81. The topological polar surface area (TPSA) is 74.9 Å². The van der Waals surface area contributed by atoms with E-state index in [0.717, 1.165) is 42.9 Å². The third kappa shape index (κ3) is 4.03. The Morgan fingerprint density at radius 3 is 2.76 bits per heavy atom. The molecule has 3 aromatic rings. The van der Waals surface area contributed by atoms with Gasteiger partial charge < -0.3 is 24.3 Å². The molecule has 2 amide bonds. The number of fused-ring (bicyclic) bond motifs is 2. The van der Waals surface area contributed by atoms with Crippen molar-refractivity contribution in [2.75, 3.05) is 31.6 Å². The Labute approximate surface area is 193 Å². The Kier molecular flexibility index (Phi) is 5.70. The highest BCUT2D eigenvalue weighted by atomic mass is 16.5. The van der Waals surface area contributed by atoms with Crippen molar-refractivity contribution in [3.8, 4) is 11.5 Å². The first-order valence-corrected chi connectivity index (χ1v) is 11.5. The number of nitrogens with zero attached hydrogens (tertiary/aromatic N) is 2. The van der Waals surface area contributed by atoms with E-state index in [-0.39, 0.29) is 11.8 Å². The molecule has 1 atom stereocenters. The van der Waals surface area contributed by atoms with Gasteiger partial charge in [0.1, 0.15) is 11.5 Å². The van der Waals surface area contributed by atoms with Crippen LogP contribution in [0, 0.1) is 0 Å². The largest absolute Gasteiger partial charge is 0.497 e. The lowest BCUT2D eigenvalue weighted by molar-refractivity contribution is -0.132. The van der Waals surface area contributed by atoms with Crippen LogP contribution < -0.4 is 14.4 Å². The van der Waals surface area contributed by atoms with Gasteiger partial charge in [0.2, 0.25) is 5.91 Å². The van der Waals surface area contributed by atoms with Crippen LogP contribution in [0.25, 0.3) is 10.9 Å². The number of carbonyl (C=O) groups excluding carboxylic acids is 2. The smallest absolute Gasteiger partial charge is 0.267 e. The van der Waals surface area contributed by atoms with Crippen molar-refractivity contribution in [2.45, 2.75) is 38.2 Å². The summed E-state index contributed by atoms with van der Waals surface area (Å²) in [6.07, 6.45) is 3.70. The molecule has 0 aliphatic carbocycles. The molecule has 0 spiro atoms. The van der Waals surface area contributed by atoms with Crippen LogP contribution in [0.5, 0.6) is 11.5 Å². The van der Waals surface area contributed by atoms with Gasteiger partial charge in [-0.25, -0.2) is 0 Å². The number of aromatic amines is 1. The number of amides is 2. The molecule has 7 nitrogen and oxygen atoms in total. The first kappa shape index (κ1) is 21.4. The van der Waals surface area contributed by atoms with Gasteiger partial charge in [-0.1, -0.05) is 12.1 Å². The fraction of sp³-hybridized carbons (Fsp3) is 0.385. The summed E-state index contributed by atoms with van der Waals surface area (Å²) in [6, 6.07) is 13.6. The van der Waals surface area contributed by atoms with Crippen LogP contribution in [0.2, 0.25) is 0 Å². The summed E-state index contributed by atoms with van der Waals surface area (Å²) in [5.41, 5.74) is 3.14. The number of anilines is 1. The van der Waals surface area contributed by atoms with E-state index < -0.39 is 6.10 Å². The highest BCUT2D eigenvalue weighted by Crippen LogP contribution is 2.36. The average molecular weight is 448 g/mol. The maximum absolute atomic E-state index is 13.0. The number of hydrogen-bond donors (Lipinski definition) is 1. The van der Waals surface area contributed by atoms with E-state index in [2.05, 4.69) is 17.2 Å². The van der Waals surface area contributed by atoms with Crippen LogP contribution in [-0.4, -0.2) is 54.5 Å². The molecule has 0 saturated carbocycles. The lowest BCUT2D eigenvalue weighted by atomic mass is 9.89. The van der Waals surface area contributed by atoms with Gasteiger partial charge in [0, 0.05) is 43.2 Å². The van der Waals surface area contributed by atoms with Crippen molar-refractivity contribution in [1.29, 1.82) is 0 Å². The summed E-state index contributed by atoms with van der Waals surface area (Å²) in [6.45, 7) is 3.57. The predicted octanol–water partition coefficient (Wildman–Crippen LogP) is 4.09. The molecule has 5 rings (SSSR count). The summed E-state index contributed by atoms with van der Waals surface area (Å²) < 4.78 is 11.1. The van der Waals surface area contributed by atoms with Crippen molar-refractivity contribution in [3.05, 3.63) is 54.2 Å². The molecule has 1 N–H and O–H groups in total. The van der Waals surface area contributed by atoms with E-state index in [1.54, 1.807) is 18.9 Å². The lowest BCUT2D eigenvalue weighted by Crippen LogP contribution is -2.46. The maximum atomic E-state index is 13.0. The SMILES string of the molecule is COc1ccc2[nH]cc(C3CCN(C(=O)CCN4C(=O)C(C)Oc5ccccc54)CC3)c2c1. The number of nitrogens with one attached hydrogen (secondary N) is 1. The number of H-pyrrole nitrogens is 1. The molecule has 1 fully saturated rings. The first-order chi connectivity index (χ1) is 16.0. The third-order valence-electron chi connectivity index (χ3n) is 6.83. The standard InChI is InChI=1S/C26H29N3O4/c1-17-26(31)29(23-5-3-4-6-24(23)33-17)14-11-25(30)28-12-9-18(10-13-28)21-16-27-22-8-7-19(32-2)15-20(21)22/h3-8,15-18,27H,9-14H2,1-2H3. The predicted molar refractivity (Wildman–Crippen MR) is 127 cm³/mol. The minimum absolute atomic E-state index is 0.0958. The number of ether oxygens (including phenoxy) is 2. The fourth-order valence-electron chi connectivity index (χ4n) is 4.98. The zero-order chi connectivity index (χ0) is 22.9. The number of aromatic nitrogens is 1. The highest BCUT2D eigenvalue weighted by molar-refractivity contribution is 6.00. The third-order valence-corrected chi connectivity index (χ3v) is 6.83. The average Bonchev–Trinajstić information content (AvgIpc) is 3.27. The van der Waals surface area contributed by atoms with E-state index in [4.69, 9.17) is 9.47 Å². The molecule has 3 heterocycles. The molecule has 1 unspecified atom stereocenters. The number of methoxy groups -OCH3 is 1. The normalized spacial score (nSPS) is 18.8. The summed E-state index contributed by atoms with van der Waals surface area (Å²) in [5, 5.41) is 1.19. The van der Waals surface area contributed by atoms with Gasteiger partial charge >= 0.3 is 0 Å². The molecule has 7 heteroatoms. The Morgan fingerprint density at radius 1 is 1.18 bits per heavy atom. The van der Waals surface area contributed by atoms with Crippen molar-refractivity contribution >= 4 is 28.4 Å². The molecule has 1 aromatic heterocycles. The van der Waals surface area contributed by atoms with Gasteiger partial charge in [-0.05, 0) is 61.6 Å². The summed E-state index contributed by atoms with van der Waals surface area (Å²) in [4.78, 5) is 32.6. The van der Waals surface area contributed by atoms with E-state index in [0.29, 0.717) is 24.6 Å². The molecule has 2 aromatic carbocycles. The molecular formula is C26H29N3O4. The molecule has 1 saturated heterocycles. The van der Waals surface area contributed by atoms with Gasteiger partial charge in [-0.15, -0.1) is 0 Å². The van der Waals surface area contributed by atoms with Gasteiger partial charge in [0.15, 0.2) is 6.10 Å². The van der Waals surface area contributed by atoms with E-state index in [1.807, 2.05) is 41.3 Å². The number of hydrogen-bond acceptors (Lipinski definition) is 4. The first-order valence-electron chi connectivity index (χ1n) is 11.5. The van der Waals surface area contributed by atoms with Crippen LogP contribution in [0.4, 0.5) is 5.69 Å². The van der Waals surface area contributed by atoms with Crippen molar-refractivity contribution < 1.29 is 19.1 Å². The minimum Gasteiger partial charge on any atom is -0.497 e. The van der Waals surface area contributed by atoms with Gasteiger partial charge in [-0.2, -0.15) is 0 Å². The van der Waals surface area contributed by atoms with Crippen molar-refractivity contribution in [1.82, 2.24) is 9.88 Å². The quantitative estimate of drug-likeness (QED) is 0.639. The van der Waals surface area contributed by atoms with E-state index in [1.165, 1.54) is 10.9 Å². The molecule has 33 heavy (non-hydrogen) atoms. The fourth-order valence-corrected chi connectivity index (χ4v) is 4.98. The molecule has 0 bridgehead atoms. The lowest BCUT2D eigenvalue weighted by Gasteiger charge is -2.35. The van der Waals surface area contributed by atoms with E-state index >= 15 is 0 Å². The second-order valence-electron chi connectivity index (χ2n) is 8.78. The zero-order valence-electron chi connectivity index (χ0n) is 19.0. The van der Waals surface area contributed by atoms with Gasteiger partial charge in [-0.3, -0.25) is 9.59 Å². The molecule has 2 aliphatic rings. The number of rotatable bonds is 5. The van der Waals surface area contributed by atoms with Crippen LogP contribution in [0.1, 0.15) is 37.7 Å². The Bertz CT molecular complexity index is 1180. The monoisotopic (exact) mass is 447 g/mol. The number of carbonyl (C=O) groups is 2. The zero-order valence-corrected chi connectivity index (χ0v) is 19.0. The van der Waals surface area contributed by atoms with Crippen LogP contribution in [0.15, 0.2) is 48.7 Å². The van der Waals surface area contributed by atoms with Gasteiger partial charge in [0.25, 0.3) is 5.91 Å². The summed E-state index contributed by atoms with van der Waals surface area (Å²) in [5.74, 6) is 1.94. The highest BCUT2D eigenvalue weighted by Gasteiger charge is 2.32. The Morgan fingerprint density at radius 2 is 1.97 bits per heavy atom. The number of benzene rings is 2. The van der Waals surface area contributed by atoms with Crippen LogP contribution in [-0.2, 0) is 9.59 Å². The van der Waals surface area contributed by atoms with Gasteiger partial charge in [0.05, 0.1) is 12.8 Å². The number of piperidine rings is 1. The second-order valence-corrected chi connectivity index (χ2v) is 8.78. The number of likely N-dealkylation sites (tertiary alicyclic amines) is 1. The molecular weight excluding hydrogens is 418 g/mol. The minimum atomic E-state index is -0.541. The molecule has 172 valence electrons. The summed E-state index contributed by atoms with van der Waals surface area (Å²) >= 11 is 0. The van der Waals surface area contributed by atoms with E-state index in [9.17, 15) is 9.59 Å². The van der Waals surface area contributed by atoms with Crippen LogP contribution in [0.3, 0.4) is 0 Å². The Balaban J connectivity index is 1.21. The van der Waals surface area contributed by atoms with Crippen molar-refractivity contribution in [3.63, 3.8) is 0 Å². The van der Waals surface area contributed by atoms with Crippen molar-refractivity contribution in [2.24, 2.45) is 0 Å². The molecule has 2 aliphatic heterocycles. The maximum Gasteiger partial charge on any atom is 0.267 e. The Hall–Kier alpha value is -3.48. The molecule has 0 radical (unpaired) electrons. The summed E-state index contributed by atoms with van der Waals surface area (Å²) in [7, 11) is 1.68. The number of para-hydroxylation sites is 2. The van der Waals surface area contributed by atoms with Crippen LogP contribution >= 0.6 is 0 Å².